The fourth-order valence-corrected chi connectivity index (χ4v) is 2.46. The summed E-state index contributed by atoms with van der Waals surface area (Å²) in [5.41, 5.74) is 0.555. The maximum atomic E-state index is 13.6. The Morgan fingerprint density at radius 2 is 1.81 bits per heavy atom. The fraction of sp³-hybridized carbons (Fsp3) is 0.286. The number of hydrogen-bond acceptors (Lipinski definition) is 3. The van der Waals surface area contributed by atoms with Crippen molar-refractivity contribution in [2.24, 2.45) is 0 Å². The van der Waals surface area contributed by atoms with Crippen molar-refractivity contribution in [3.63, 3.8) is 0 Å². The van der Waals surface area contributed by atoms with Crippen LogP contribution in [-0.4, -0.2) is 29.0 Å². The zero-order valence-corrected chi connectivity index (χ0v) is 12.9. The van der Waals surface area contributed by atoms with Gasteiger partial charge in [0.1, 0.15) is 12.0 Å². The van der Waals surface area contributed by atoms with Crippen molar-refractivity contribution in [1.82, 2.24) is 14.9 Å². The highest BCUT2D eigenvalue weighted by Crippen LogP contribution is 2.38. The topological polar surface area (TPSA) is 29.0 Å². The number of rotatable bonds is 4. The van der Waals surface area contributed by atoms with Gasteiger partial charge in [-0.25, -0.2) is 9.97 Å². The van der Waals surface area contributed by atoms with Crippen LogP contribution in [0.5, 0.6) is 0 Å². The van der Waals surface area contributed by atoms with Crippen LogP contribution in [0.3, 0.4) is 0 Å². The Balaban J connectivity index is 2.57. The van der Waals surface area contributed by atoms with Crippen LogP contribution in [-0.2, 0) is 5.38 Å². The maximum Gasteiger partial charge on any atom is 0.365 e. The third kappa shape index (κ3) is 3.67. The predicted octanol–water partition coefficient (Wildman–Crippen LogP) is 4.07. The van der Waals surface area contributed by atoms with Crippen molar-refractivity contribution >= 4 is 23.2 Å². The van der Waals surface area contributed by atoms with Crippen LogP contribution in [0.1, 0.15) is 22.9 Å². The number of nitrogens with zero attached hydrogens (tertiary/aromatic N) is 3. The lowest BCUT2D eigenvalue weighted by molar-refractivity contribution is 0.0871. The molecule has 0 saturated carbocycles. The van der Waals surface area contributed by atoms with Crippen LogP contribution < -0.4 is 0 Å². The molecule has 0 fully saturated rings. The molecule has 0 aliphatic heterocycles. The van der Waals surface area contributed by atoms with Crippen molar-refractivity contribution in [3.8, 4) is 0 Å². The summed E-state index contributed by atoms with van der Waals surface area (Å²) in [7, 11) is 3.56. The summed E-state index contributed by atoms with van der Waals surface area (Å²) >= 11 is 11.0. The lowest BCUT2D eigenvalue weighted by Gasteiger charge is -2.27. The summed E-state index contributed by atoms with van der Waals surface area (Å²) in [5.74, 6) is 0. The molecule has 0 aliphatic rings. The van der Waals surface area contributed by atoms with E-state index < -0.39 is 17.1 Å². The molecule has 1 atom stereocenters. The predicted molar refractivity (Wildman–Crippen MR) is 78.8 cm³/mol. The lowest BCUT2D eigenvalue weighted by Crippen LogP contribution is -2.25. The van der Waals surface area contributed by atoms with Gasteiger partial charge in [-0.2, -0.15) is 8.78 Å². The Kier molecular flexibility index (Phi) is 4.76. The molecule has 2 rings (SSSR count). The smallest absolute Gasteiger partial charge is 0.298 e. The molecule has 0 aliphatic carbocycles. The molecule has 0 saturated heterocycles. The maximum absolute atomic E-state index is 13.6. The average molecular weight is 332 g/mol. The van der Waals surface area contributed by atoms with Gasteiger partial charge in [-0.3, -0.25) is 4.90 Å². The number of aromatic nitrogens is 2. The minimum Gasteiger partial charge on any atom is -0.298 e. The molecule has 21 heavy (non-hydrogen) atoms. The van der Waals surface area contributed by atoms with E-state index in [0.29, 0.717) is 5.02 Å². The molecule has 1 aromatic carbocycles. The second-order valence-corrected chi connectivity index (χ2v) is 5.65. The first-order chi connectivity index (χ1) is 9.80. The molecule has 7 heteroatoms. The van der Waals surface area contributed by atoms with E-state index in [1.807, 2.05) is 0 Å². The van der Waals surface area contributed by atoms with Crippen LogP contribution in [0.4, 0.5) is 8.78 Å². The highest BCUT2D eigenvalue weighted by molar-refractivity contribution is 6.30. The van der Waals surface area contributed by atoms with E-state index in [0.717, 1.165) is 11.9 Å². The molecule has 0 N–H and O–H groups in total. The number of hydrogen-bond donors (Lipinski definition) is 0. The van der Waals surface area contributed by atoms with Crippen molar-refractivity contribution < 1.29 is 8.78 Å². The zero-order valence-electron chi connectivity index (χ0n) is 11.4. The minimum absolute atomic E-state index is 0.254. The first-order valence-corrected chi connectivity index (χ1v) is 6.85. The van der Waals surface area contributed by atoms with Crippen LogP contribution >= 0.6 is 23.2 Å². The van der Waals surface area contributed by atoms with Crippen LogP contribution in [0.2, 0.25) is 5.02 Å². The molecule has 0 radical (unpaired) electrons. The van der Waals surface area contributed by atoms with E-state index in [-0.39, 0.29) is 5.56 Å². The van der Waals surface area contributed by atoms with E-state index in [4.69, 9.17) is 23.2 Å². The summed E-state index contributed by atoms with van der Waals surface area (Å²) < 4.78 is 27.1. The Morgan fingerprint density at radius 3 is 2.33 bits per heavy atom. The van der Waals surface area contributed by atoms with Crippen molar-refractivity contribution in [1.29, 1.82) is 0 Å². The molecule has 1 unspecified atom stereocenters. The molecule has 1 heterocycles. The first-order valence-electron chi connectivity index (χ1n) is 6.09. The zero-order chi connectivity index (χ0) is 15.6. The Morgan fingerprint density at radius 1 is 1.19 bits per heavy atom. The normalized spacial score (nSPS) is 13.5. The minimum atomic E-state index is -3.56. The van der Waals surface area contributed by atoms with E-state index in [1.165, 1.54) is 6.20 Å². The summed E-state index contributed by atoms with van der Waals surface area (Å²) in [6.45, 7) is 0. The lowest BCUT2D eigenvalue weighted by atomic mass is 9.97. The highest BCUT2D eigenvalue weighted by Gasteiger charge is 2.36. The van der Waals surface area contributed by atoms with Gasteiger partial charge >= 0.3 is 5.38 Å². The van der Waals surface area contributed by atoms with Gasteiger partial charge in [0.25, 0.3) is 0 Å². The van der Waals surface area contributed by atoms with Crippen molar-refractivity contribution in [2.75, 3.05) is 14.1 Å². The second-order valence-electron chi connectivity index (χ2n) is 4.74. The Hall–Kier alpha value is -1.30. The molecule has 3 nitrogen and oxygen atoms in total. The van der Waals surface area contributed by atoms with Gasteiger partial charge in [0, 0.05) is 16.8 Å². The van der Waals surface area contributed by atoms with Crippen LogP contribution in [0.15, 0.2) is 36.8 Å². The van der Waals surface area contributed by atoms with Gasteiger partial charge in [-0.15, -0.1) is 0 Å². The molecule has 2 aromatic rings. The van der Waals surface area contributed by atoms with Crippen molar-refractivity contribution in [2.45, 2.75) is 11.4 Å². The third-order valence-electron chi connectivity index (χ3n) is 3.01. The van der Waals surface area contributed by atoms with E-state index >= 15 is 0 Å². The number of alkyl halides is 3. The van der Waals surface area contributed by atoms with Gasteiger partial charge in [0.05, 0.1) is 6.04 Å². The summed E-state index contributed by atoms with van der Waals surface area (Å²) in [6.07, 6.45) is 2.42. The third-order valence-corrected chi connectivity index (χ3v) is 3.44. The van der Waals surface area contributed by atoms with E-state index in [2.05, 4.69) is 9.97 Å². The summed E-state index contributed by atoms with van der Waals surface area (Å²) in [4.78, 5) is 9.29. The van der Waals surface area contributed by atoms with Crippen LogP contribution in [0.25, 0.3) is 0 Å². The first kappa shape index (κ1) is 16.1. The Bertz CT molecular complexity index is 612. The summed E-state index contributed by atoms with van der Waals surface area (Å²) in [5, 5.41) is -2.98. The van der Waals surface area contributed by atoms with Gasteiger partial charge in [-0.1, -0.05) is 23.7 Å². The number of halogens is 4. The van der Waals surface area contributed by atoms with Gasteiger partial charge in [0.15, 0.2) is 0 Å². The monoisotopic (exact) mass is 331 g/mol. The second kappa shape index (κ2) is 6.22. The molecule has 0 bridgehead atoms. The van der Waals surface area contributed by atoms with Gasteiger partial charge in [0.2, 0.25) is 0 Å². The van der Waals surface area contributed by atoms with Gasteiger partial charge in [-0.05, 0) is 43.4 Å². The molecule has 112 valence electrons. The SMILES string of the molecule is CN(C)C(c1ccc(Cl)cc1)c1cncnc1C(F)(F)Cl. The number of benzene rings is 1. The largest absolute Gasteiger partial charge is 0.365 e. The highest BCUT2D eigenvalue weighted by atomic mass is 35.5. The molecular weight excluding hydrogens is 319 g/mol. The molecule has 0 amide bonds. The quantitative estimate of drug-likeness (QED) is 0.791. The van der Waals surface area contributed by atoms with Crippen LogP contribution in [0, 0.1) is 0 Å². The van der Waals surface area contributed by atoms with Gasteiger partial charge < -0.3 is 0 Å². The van der Waals surface area contributed by atoms with E-state index in [9.17, 15) is 8.78 Å². The average Bonchev–Trinajstić information content (AvgIpc) is 2.40. The Labute approximate surface area is 131 Å². The fourth-order valence-electron chi connectivity index (χ4n) is 2.18. The van der Waals surface area contributed by atoms with E-state index in [1.54, 1.807) is 43.3 Å². The molecular formula is C14H13Cl2F2N3. The summed E-state index contributed by atoms with van der Waals surface area (Å²) in [6, 6.07) is 6.50. The molecule has 0 spiro atoms. The van der Waals surface area contributed by atoms with Crippen molar-refractivity contribution in [3.05, 3.63) is 58.6 Å². The standard InChI is InChI=1S/C14H13Cl2F2N3/c1-21(2)12(9-3-5-10(15)6-4-9)11-7-19-8-20-13(11)14(16,17)18/h3-8,12H,1-2H3. The molecule has 1 aromatic heterocycles.